The van der Waals surface area contributed by atoms with Crippen LogP contribution in [0.1, 0.15) is 65.2 Å². The minimum absolute atomic E-state index is 0.0731. The Hall–Kier alpha value is -0.610. The first-order chi connectivity index (χ1) is 9.33. The molecule has 2 aliphatic carbocycles. The minimum atomic E-state index is -0.726. The van der Waals surface area contributed by atoms with Crippen LogP contribution < -0.4 is 11.1 Å². The molecule has 0 aliphatic heterocycles. The molecule has 0 aromatic heterocycles. The van der Waals surface area contributed by atoms with Gasteiger partial charge in [-0.2, -0.15) is 0 Å². The van der Waals surface area contributed by atoms with Crippen molar-refractivity contribution in [1.82, 2.24) is 5.32 Å². The van der Waals surface area contributed by atoms with E-state index in [4.69, 9.17) is 5.73 Å². The first-order valence-electron chi connectivity index (χ1n) is 8.13. The highest BCUT2D eigenvalue weighted by molar-refractivity contribution is 5.86. The van der Waals surface area contributed by atoms with Gasteiger partial charge in [-0.1, -0.05) is 26.7 Å². The average Bonchev–Trinajstić information content (AvgIpc) is 2.40. The molecule has 0 spiro atoms. The molecule has 0 bridgehead atoms. The molecule has 20 heavy (non-hydrogen) atoms. The lowest BCUT2D eigenvalue weighted by Gasteiger charge is -2.38. The number of carbonyl (C=O) groups is 1. The van der Waals surface area contributed by atoms with E-state index in [9.17, 15) is 9.90 Å². The van der Waals surface area contributed by atoms with Crippen molar-refractivity contribution in [3.05, 3.63) is 0 Å². The summed E-state index contributed by atoms with van der Waals surface area (Å²) in [6.45, 7) is 4.73. The van der Waals surface area contributed by atoms with E-state index in [2.05, 4.69) is 19.2 Å². The summed E-state index contributed by atoms with van der Waals surface area (Å²) in [5, 5.41) is 13.4. The third-order valence-corrected chi connectivity index (χ3v) is 5.27. The van der Waals surface area contributed by atoms with Crippen LogP contribution in [0.25, 0.3) is 0 Å². The molecule has 2 aliphatic rings. The molecule has 0 heterocycles. The van der Waals surface area contributed by atoms with E-state index in [1.165, 1.54) is 0 Å². The van der Waals surface area contributed by atoms with Crippen molar-refractivity contribution in [3.8, 4) is 0 Å². The molecule has 4 heteroatoms. The van der Waals surface area contributed by atoms with Gasteiger partial charge < -0.3 is 16.2 Å². The Morgan fingerprint density at radius 2 is 1.85 bits per heavy atom. The number of nitrogens with one attached hydrogen (secondary N) is 1. The second-order valence-electron chi connectivity index (χ2n) is 7.45. The van der Waals surface area contributed by atoms with E-state index >= 15 is 0 Å². The number of carbonyl (C=O) groups excluding carboxylic acids is 1. The van der Waals surface area contributed by atoms with Gasteiger partial charge >= 0.3 is 0 Å². The maximum atomic E-state index is 12.4. The van der Waals surface area contributed by atoms with Crippen molar-refractivity contribution in [2.24, 2.45) is 17.6 Å². The highest BCUT2D eigenvalue weighted by atomic mass is 16.3. The van der Waals surface area contributed by atoms with E-state index < -0.39 is 11.1 Å². The Morgan fingerprint density at radius 3 is 2.45 bits per heavy atom. The summed E-state index contributed by atoms with van der Waals surface area (Å²) in [7, 11) is 0. The molecule has 116 valence electrons. The summed E-state index contributed by atoms with van der Waals surface area (Å²) in [5.74, 6) is 1.13. The summed E-state index contributed by atoms with van der Waals surface area (Å²) >= 11 is 0. The van der Waals surface area contributed by atoms with Crippen LogP contribution in [0.3, 0.4) is 0 Å². The fraction of sp³-hybridized carbons (Fsp3) is 0.938. The number of aliphatic hydroxyl groups is 1. The van der Waals surface area contributed by atoms with Crippen molar-refractivity contribution >= 4 is 5.91 Å². The summed E-state index contributed by atoms with van der Waals surface area (Å²) < 4.78 is 0. The standard InChI is InChI=1S/C16H30N2O2/c1-12-5-8-15(20,9-6-12)11-18-14(19)16(17)7-3-4-13(2)10-16/h12-13,20H,3-11,17H2,1-2H3,(H,18,19). The maximum absolute atomic E-state index is 12.4. The quantitative estimate of drug-likeness (QED) is 0.740. The molecule has 2 atom stereocenters. The van der Waals surface area contributed by atoms with E-state index in [1.807, 2.05) is 0 Å². The normalized spacial score (nSPS) is 42.2. The molecule has 0 aromatic rings. The fourth-order valence-electron chi connectivity index (χ4n) is 3.70. The molecular formula is C16H30N2O2. The van der Waals surface area contributed by atoms with Crippen LogP contribution in [-0.2, 0) is 4.79 Å². The van der Waals surface area contributed by atoms with Gasteiger partial charge in [0.1, 0.15) is 0 Å². The topological polar surface area (TPSA) is 75.3 Å². The number of hydrogen-bond acceptors (Lipinski definition) is 3. The first-order valence-corrected chi connectivity index (χ1v) is 8.13. The molecule has 2 fully saturated rings. The fourth-order valence-corrected chi connectivity index (χ4v) is 3.70. The third kappa shape index (κ3) is 3.73. The SMILES string of the molecule is CC1CCC(O)(CNC(=O)C2(N)CCCC(C)C2)CC1. The van der Waals surface area contributed by atoms with Crippen LogP contribution in [0.4, 0.5) is 0 Å². The molecule has 0 aromatic carbocycles. The Balaban J connectivity index is 1.85. The second-order valence-corrected chi connectivity index (χ2v) is 7.45. The average molecular weight is 282 g/mol. The summed E-state index contributed by atoms with van der Waals surface area (Å²) in [5.41, 5.74) is 4.83. The zero-order valence-electron chi connectivity index (χ0n) is 13.0. The predicted octanol–water partition coefficient (Wildman–Crippen LogP) is 1.95. The number of nitrogens with two attached hydrogens (primary N) is 1. The molecule has 0 radical (unpaired) electrons. The van der Waals surface area contributed by atoms with Gasteiger partial charge in [0.05, 0.1) is 11.1 Å². The van der Waals surface area contributed by atoms with Crippen molar-refractivity contribution in [2.45, 2.75) is 76.4 Å². The van der Waals surface area contributed by atoms with Gasteiger partial charge in [-0.25, -0.2) is 0 Å². The van der Waals surface area contributed by atoms with Gasteiger partial charge in [-0.3, -0.25) is 4.79 Å². The van der Waals surface area contributed by atoms with E-state index in [1.54, 1.807) is 0 Å². The van der Waals surface area contributed by atoms with Gasteiger partial charge in [0, 0.05) is 6.54 Å². The van der Waals surface area contributed by atoms with Crippen molar-refractivity contribution < 1.29 is 9.90 Å². The number of amides is 1. The van der Waals surface area contributed by atoms with Crippen molar-refractivity contribution in [1.29, 1.82) is 0 Å². The molecule has 4 nitrogen and oxygen atoms in total. The lowest BCUT2D eigenvalue weighted by Crippen LogP contribution is -2.58. The van der Waals surface area contributed by atoms with Gasteiger partial charge in [-0.05, 0) is 50.4 Å². The summed E-state index contributed by atoms with van der Waals surface area (Å²) in [6.07, 6.45) is 7.34. The van der Waals surface area contributed by atoms with Crippen molar-refractivity contribution in [2.75, 3.05) is 6.54 Å². The second kappa shape index (κ2) is 6.02. The first kappa shape index (κ1) is 15.8. The van der Waals surface area contributed by atoms with E-state index in [0.29, 0.717) is 18.4 Å². The number of rotatable bonds is 3. The lowest BCUT2D eigenvalue weighted by molar-refractivity contribution is -0.129. The van der Waals surface area contributed by atoms with Crippen LogP contribution in [0, 0.1) is 11.8 Å². The number of hydrogen-bond donors (Lipinski definition) is 3. The molecule has 2 saturated carbocycles. The molecular weight excluding hydrogens is 252 g/mol. The van der Waals surface area contributed by atoms with E-state index in [-0.39, 0.29) is 5.91 Å². The smallest absolute Gasteiger partial charge is 0.240 e. The van der Waals surface area contributed by atoms with Gasteiger partial charge in [-0.15, -0.1) is 0 Å². The Labute approximate surface area is 122 Å². The van der Waals surface area contributed by atoms with E-state index in [0.717, 1.165) is 51.4 Å². The van der Waals surface area contributed by atoms with Gasteiger partial charge in [0.25, 0.3) is 0 Å². The molecule has 0 saturated heterocycles. The Morgan fingerprint density at radius 1 is 1.20 bits per heavy atom. The highest BCUT2D eigenvalue weighted by Crippen LogP contribution is 2.33. The Bertz CT molecular complexity index is 350. The van der Waals surface area contributed by atoms with Gasteiger partial charge in [0.15, 0.2) is 0 Å². The van der Waals surface area contributed by atoms with Crippen LogP contribution in [0.2, 0.25) is 0 Å². The van der Waals surface area contributed by atoms with Crippen LogP contribution >= 0.6 is 0 Å². The zero-order valence-corrected chi connectivity index (χ0v) is 13.0. The highest BCUT2D eigenvalue weighted by Gasteiger charge is 2.39. The largest absolute Gasteiger partial charge is 0.388 e. The third-order valence-electron chi connectivity index (χ3n) is 5.27. The van der Waals surface area contributed by atoms with Crippen molar-refractivity contribution in [3.63, 3.8) is 0 Å². The van der Waals surface area contributed by atoms with Crippen LogP contribution in [0.15, 0.2) is 0 Å². The lowest BCUT2D eigenvalue weighted by atomic mass is 9.76. The van der Waals surface area contributed by atoms with Crippen LogP contribution in [-0.4, -0.2) is 28.7 Å². The molecule has 1 amide bonds. The monoisotopic (exact) mass is 282 g/mol. The zero-order chi connectivity index (χ0) is 14.8. The maximum Gasteiger partial charge on any atom is 0.240 e. The predicted molar refractivity (Wildman–Crippen MR) is 80.1 cm³/mol. The summed E-state index contributed by atoms with van der Waals surface area (Å²) in [6, 6.07) is 0. The molecule has 2 unspecified atom stereocenters. The summed E-state index contributed by atoms with van der Waals surface area (Å²) in [4.78, 5) is 12.4. The van der Waals surface area contributed by atoms with Gasteiger partial charge in [0.2, 0.25) is 5.91 Å². The van der Waals surface area contributed by atoms with Crippen LogP contribution in [0.5, 0.6) is 0 Å². The molecule has 4 N–H and O–H groups in total. The minimum Gasteiger partial charge on any atom is -0.388 e. The molecule has 2 rings (SSSR count). The Kier molecular flexibility index (Phi) is 4.75.